The molecule has 3 rings (SSSR count). The highest BCUT2D eigenvalue weighted by Gasteiger charge is 2.32. The fraction of sp³-hybridized carbons (Fsp3) is 0.200. The minimum Gasteiger partial charge on any atom is -0.542 e. The molecule has 0 saturated heterocycles. The van der Waals surface area contributed by atoms with Gasteiger partial charge in [-0.1, -0.05) is 36.4 Å². The van der Waals surface area contributed by atoms with Gasteiger partial charge in [0.1, 0.15) is 11.5 Å². The first-order valence-corrected chi connectivity index (χ1v) is 6.44. The van der Waals surface area contributed by atoms with Crippen LogP contribution in [0.3, 0.4) is 0 Å². The van der Waals surface area contributed by atoms with Crippen LogP contribution in [-0.4, -0.2) is 14.2 Å². The summed E-state index contributed by atoms with van der Waals surface area (Å²) in [7, 11) is 1.50. The van der Waals surface area contributed by atoms with Crippen LogP contribution in [0.5, 0.6) is 11.5 Å². The summed E-state index contributed by atoms with van der Waals surface area (Å²) in [5.41, 5.74) is 2.21. The number of hydrogen-bond acceptors (Lipinski definition) is 3. The Bertz CT molecular complexity index is 588. The molecule has 0 bridgehead atoms. The van der Waals surface area contributed by atoms with Crippen molar-refractivity contribution in [3.63, 3.8) is 0 Å². The van der Waals surface area contributed by atoms with Crippen LogP contribution in [0.15, 0.2) is 48.5 Å². The van der Waals surface area contributed by atoms with Crippen molar-refractivity contribution in [2.45, 2.75) is 13.0 Å². The Labute approximate surface area is 113 Å². The van der Waals surface area contributed by atoms with E-state index in [0.29, 0.717) is 0 Å². The van der Waals surface area contributed by atoms with E-state index in [9.17, 15) is 0 Å². The van der Waals surface area contributed by atoms with Crippen molar-refractivity contribution >= 4 is 12.5 Å². The van der Waals surface area contributed by atoms with Crippen LogP contribution in [0.4, 0.5) is 0 Å². The van der Waals surface area contributed by atoms with E-state index >= 15 is 0 Å². The summed E-state index contributed by atoms with van der Waals surface area (Å²) < 4.78 is 11.4. The minimum atomic E-state index is -0.180. The number of fused-ring (bicyclic) bond motifs is 1. The first-order valence-electron chi connectivity index (χ1n) is 6.44. The molecular weight excluding hydrogens is 237 g/mol. The summed E-state index contributed by atoms with van der Waals surface area (Å²) in [5.74, 6) is 1.77. The van der Waals surface area contributed by atoms with Crippen molar-refractivity contribution in [1.82, 2.24) is 5.23 Å². The first-order chi connectivity index (χ1) is 9.29. The Morgan fingerprint density at radius 2 is 1.84 bits per heavy atom. The van der Waals surface area contributed by atoms with Gasteiger partial charge in [-0.15, -0.1) is 0 Å². The van der Waals surface area contributed by atoms with Gasteiger partial charge in [-0.2, -0.15) is 0 Å². The summed E-state index contributed by atoms with van der Waals surface area (Å²) in [5, 5.41) is 3.46. The molecule has 2 aromatic carbocycles. The van der Waals surface area contributed by atoms with E-state index in [2.05, 4.69) is 18.2 Å². The van der Waals surface area contributed by atoms with Gasteiger partial charge in [0.05, 0.1) is 7.11 Å². The highest BCUT2D eigenvalue weighted by atomic mass is 16.5. The quantitative estimate of drug-likeness (QED) is 0.832. The zero-order valence-electron chi connectivity index (χ0n) is 11.1. The van der Waals surface area contributed by atoms with Crippen LogP contribution in [0, 0.1) is 0 Å². The average molecular weight is 253 g/mol. The van der Waals surface area contributed by atoms with E-state index in [-0.39, 0.29) is 13.1 Å². The molecule has 1 unspecified atom stereocenters. The number of methoxy groups -OCH3 is 1. The van der Waals surface area contributed by atoms with Crippen LogP contribution in [0.25, 0.3) is 0 Å². The van der Waals surface area contributed by atoms with E-state index in [4.69, 9.17) is 9.39 Å². The summed E-state index contributed by atoms with van der Waals surface area (Å²) in [6.45, 7) is 2.14. The topological polar surface area (TPSA) is 30.5 Å². The summed E-state index contributed by atoms with van der Waals surface area (Å²) in [6, 6.07) is 16.3. The third-order valence-electron chi connectivity index (χ3n) is 3.45. The van der Waals surface area contributed by atoms with Crippen molar-refractivity contribution in [2.75, 3.05) is 7.11 Å². The van der Waals surface area contributed by atoms with Crippen molar-refractivity contribution < 1.29 is 9.39 Å². The van der Waals surface area contributed by atoms with Gasteiger partial charge in [0.2, 0.25) is 0 Å². The Morgan fingerprint density at radius 1 is 1.11 bits per heavy atom. The summed E-state index contributed by atoms with van der Waals surface area (Å²) in [4.78, 5) is 0. The fourth-order valence-corrected chi connectivity index (χ4v) is 2.46. The lowest BCUT2D eigenvalue weighted by Gasteiger charge is -2.30. The maximum atomic E-state index is 6.04. The van der Waals surface area contributed by atoms with E-state index in [1.807, 2.05) is 42.5 Å². The standard InChI is InChI=1S/C15H16BNO2/c1-11-12-7-3-5-9-14(12)19-16(17-11)13-8-4-6-10-15(13)18-2/h3-11,17H,1-2H3. The third kappa shape index (κ3) is 2.19. The van der Waals surface area contributed by atoms with Gasteiger partial charge >= 0.3 is 7.05 Å². The molecule has 19 heavy (non-hydrogen) atoms. The minimum absolute atomic E-state index is 0.180. The summed E-state index contributed by atoms with van der Waals surface area (Å²) >= 11 is 0. The molecule has 1 N–H and O–H groups in total. The van der Waals surface area contributed by atoms with Crippen LogP contribution in [0.1, 0.15) is 18.5 Å². The number of nitrogens with one attached hydrogen (secondary N) is 1. The van der Waals surface area contributed by atoms with E-state index in [0.717, 1.165) is 17.0 Å². The second-order valence-corrected chi connectivity index (χ2v) is 4.67. The zero-order chi connectivity index (χ0) is 13.2. The normalized spacial score (nSPS) is 17.6. The van der Waals surface area contributed by atoms with Gasteiger partial charge in [0, 0.05) is 17.1 Å². The Morgan fingerprint density at radius 3 is 2.68 bits per heavy atom. The molecule has 1 aliphatic rings. The van der Waals surface area contributed by atoms with E-state index in [1.54, 1.807) is 7.11 Å². The second-order valence-electron chi connectivity index (χ2n) is 4.67. The maximum Gasteiger partial charge on any atom is 0.487 e. The van der Waals surface area contributed by atoms with Gasteiger partial charge < -0.3 is 14.6 Å². The van der Waals surface area contributed by atoms with Gasteiger partial charge in [-0.25, -0.2) is 0 Å². The maximum absolute atomic E-state index is 6.04. The Kier molecular flexibility index (Phi) is 3.17. The molecule has 0 radical (unpaired) electrons. The SMILES string of the molecule is COc1ccccc1B1NC(C)c2ccccc2O1. The fourth-order valence-electron chi connectivity index (χ4n) is 2.46. The van der Waals surface area contributed by atoms with Gasteiger partial charge in [0.15, 0.2) is 0 Å². The van der Waals surface area contributed by atoms with Crippen molar-refractivity contribution in [1.29, 1.82) is 0 Å². The van der Waals surface area contributed by atoms with E-state index in [1.165, 1.54) is 5.56 Å². The van der Waals surface area contributed by atoms with E-state index < -0.39 is 0 Å². The monoisotopic (exact) mass is 253 g/mol. The molecule has 0 aliphatic carbocycles. The van der Waals surface area contributed by atoms with Crippen molar-refractivity contribution in [2.24, 2.45) is 0 Å². The van der Waals surface area contributed by atoms with Crippen LogP contribution in [0.2, 0.25) is 0 Å². The largest absolute Gasteiger partial charge is 0.542 e. The van der Waals surface area contributed by atoms with Crippen molar-refractivity contribution in [3.8, 4) is 11.5 Å². The molecule has 1 atom stereocenters. The molecule has 0 aromatic heterocycles. The number of benzene rings is 2. The van der Waals surface area contributed by atoms with Gasteiger partial charge in [-0.05, 0) is 19.1 Å². The molecule has 1 heterocycles. The molecular formula is C15H16BNO2. The molecule has 0 fully saturated rings. The molecule has 0 amide bonds. The highest BCUT2D eigenvalue weighted by Crippen LogP contribution is 2.29. The molecule has 3 nitrogen and oxygen atoms in total. The van der Waals surface area contributed by atoms with Crippen LogP contribution in [-0.2, 0) is 0 Å². The molecule has 2 aromatic rings. The zero-order valence-corrected chi connectivity index (χ0v) is 11.1. The number of para-hydroxylation sites is 2. The Balaban J connectivity index is 1.97. The molecule has 96 valence electrons. The second kappa shape index (κ2) is 4.98. The van der Waals surface area contributed by atoms with Gasteiger partial charge in [0.25, 0.3) is 0 Å². The Hall–Kier alpha value is -1.94. The molecule has 0 saturated carbocycles. The molecule has 1 aliphatic heterocycles. The average Bonchev–Trinajstić information content (AvgIpc) is 2.47. The van der Waals surface area contributed by atoms with Crippen molar-refractivity contribution in [3.05, 3.63) is 54.1 Å². The number of ether oxygens (including phenoxy) is 1. The molecule has 4 heteroatoms. The predicted octanol–water partition coefficient (Wildman–Crippen LogP) is 2.13. The lowest BCUT2D eigenvalue weighted by Crippen LogP contribution is -2.53. The number of hydrogen-bond donors (Lipinski definition) is 1. The third-order valence-corrected chi connectivity index (χ3v) is 3.45. The first kappa shape index (κ1) is 12.1. The lowest BCUT2D eigenvalue weighted by molar-refractivity contribution is 0.415. The predicted molar refractivity (Wildman–Crippen MR) is 77.0 cm³/mol. The highest BCUT2D eigenvalue weighted by molar-refractivity contribution is 6.67. The lowest BCUT2D eigenvalue weighted by atomic mass is 9.70. The summed E-state index contributed by atoms with van der Waals surface area (Å²) in [6.07, 6.45) is 0. The molecule has 0 spiro atoms. The van der Waals surface area contributed by atoms with Crippen LogP contribution < -0.4 is 20.1 Å². The van der Waals surface area contributed by atoms with Crippen LogP contribution >= 0.6 is 0 Å². The smallest absolute Gasteiger partial charge is 0.487 e. The van der Waals surface area contributed by atoms with Gasteiger partial charge in [-0.3, -0.25) is 0 Å². The number of rotatable bonds is 2.